The summed E-state index contributed by atoms with van der Waals surface area (Å²) in [6.07, 6.45) is -0.334. The molecule has 1 aliphatic heterocycles. The molecule has 0 fully saturated rings. The summed E-state index contributed by atoms with van der Waals surface area (Å²) in [5.74, 6) is 0. The van der Waals surface area contributed by atoms with Gasteiger partial charge in [0.05, 0.1) is 5.41 Å². The number of rotatable bonds is 5. The van der Waals surface area contributed by atoms with E-state index in [9.17, 15) is 16.8 Å². The molecule has 128 valence electrons. The molecule has 0 aromatic heterocycles. The van der Waals surface area contributed by atoms with Gasteiger partial charge in [-0.2, -0.15) is 16.8 Å². The van der Waals surface area contributed by atoms with Crippen LogP contribution in [0.25, 0.3) is 0 Å². The molecule has 7 nitrogen and oxygen atoms in total. The van der Waals surface area contributed by atoms with Crippen molar-refractivity contribution in [3.63, 3.8) is 0 Å². The minimum Gasteiger partial charge on any atom is -0.284 e. The smallest absolute Gasteiger partial charge is 0.284 e. The minimum absolute atomic E-state index is 0.0899. The second kappa shape index (κ2) is 5.66. The van der Waals surface area contributed by atoms with Crippen molar-refractivity contribution in [2.24, 2.45) is 0 Å². The molecule has 23 heavy (non-hydrogen) atoms. The summed E-state index contributed by atoms with van der Waals surface area (Å²) in [6, 6.07) is 5.48. The van der Waals surface area contributed by atoms with Gasteiger partial charge >= 0.3 is 0 Å². The molecular formula is C14H20NO6S2+. The third-order valence-corrected chi connectivity index (χ3v) is 7.61. The van der Waals surface area contributed by atoms with E-state index in [1.165, 1.54) is 0 Å². The fourth-order valence-electron chi connectivity index (χ4n) is 2.67. The maximum absolute atomic E-state index is 11.1. The van der Waals surface area contributed by atoms with E-state index in [1.54, 1.807) is 6.07 Å². The van der Waals surface area contributed by atoms with E-state index in [0.29, 0.717) is 0 Å². The first-order chi connectivity index (χ1) is 10.3. The van der Waals surface area contributed by atoms with Crippen LogP contribution in [0.2, 0.25) is 0 Å². The van der Waals surface area contributed by atoms with Crippen LogP contribution < -0.4 is 4.99 Å². The van der Waals surface area contributed by atoms with Gasteiger partial charge in [-0.1, -0.05) is 6.07 Å². The largest absolute Gasteiger partial charge is 0.284 e. The van der Waals surface area contributed by atoms with Gasteiger partial charge in [0.2, 0.25) is 10.3 Å². The molecule has 1 heterocycles. The number of hydrogen-bond donors (Lipinski definition) is 3. The molecule has 0 radical (unpaired) electrons. The standard InChI is InChI=1S/C14H19NO6S2/c1-9-14(2,3)11-8-10(4-6-12(11)15-9)5-7-13(22(16,17)18)23(19,20)21/h4,6,8,13H,5,7H2,1-3H3,(H,16,17,18)(H,19,20,21)/p+1. The Morgan fingerprint density at radius 2 is 1.70 bits per heavy atom. The number of aryl methyl sites for hydroxylation is 1. The molecule has 0 bridgehead atoms. The van der Waals surface area contributed by atoms with Gasteiger partial charge in [-0.05, 0) is 38.3 Å². The Hall–Kier alpha value is -1.29. The predicted octanol–water partition coefficient (Wildman–Crippen LogP) is 0.185. The molecule has 2 rings (SSSR count). The quantitative estimate of drug-likeness (QED) is 0.643. The molecule has 0 saturated carbocycles. The number of fused-ring (bicyclic) bond motifs is 1. The molecule has 0 saturated heterocycles. The van der Waals surface area contributed by atoms with E-state index >= 15 is 0 Å². The van der Waals surface area contributed by atoms with E-state index in [0.717, 1.165) is 22.5 Å². The lowest BCUT2D eigenvalue weighted by atomic mass is 9.81. The Morgan fingerprint density at radius 3 is 2.22 bits per heavy atom. The highest BCUT2D eigenvalue weighted by atomic mass is 32.3. The average Bonchev–Trinajstić information content (AvgIpc) is 2.58. The molecule has 0 amide bonds. The van der Waals surface area contributed by atoms with Gasteiger partial charge in [-0.25, -0.2) is 4.99 Å². The fourth-order valence-corrected chi connectivity index (χ4v) is 4.73. The lowest BCUT2D eigenvalue weighted by Gasteiger charge is -2.16. The summed E-state index contributed by atoms with van der Waals surface area (Å²) in [5.41, 5.74) is 3.60. The van der Waals surface area contributed by atoms with Gasteiger partial charge in [0.25, 0.3) is 20.2 Å². The van der Waals surface area contributed by atoms with Gasteiger partial charge in [-0.3, -0.25) is 9.11 Å². The van der Waals surface area contributed by atoms with Crippen LogP contribution in [0.1, 0.15) is 38.3 Å². The van der Waals surface area contributed by atoms with Crippen LogP contribution in [0, 0.1) is 0 Å². The van der Waals surface area contributed by atoms with Gasteiger partial charge in [0, 0.05) is 18.6 Å². The second-order valence-electron chi connectivity index (χ2n) is 6.25. The molecule has 0 unspecified atom stereocenters. The lowest BCUT2D eigenvalue weighted by Crippen LogP contribution is -2.64. The Morgan fingerprint density at radius 1 is 1.13 bits per heavy atom. The monoisotopic (exact) mass is 362 g/mol. The van der Waals surface area contributed by atoms with Crippen LogP contribution in [-0.2, 0) is 32.1 Å². The number of nitrogens with one attached hydrogen (secondary N) is 1. The SMILES string of the molecule is CC1=[NH+]c2ccc(CCC(S(=O)(=O)O)S(=O)(=O)O)cc2C1(C)C. The molecular weight excluding hydrogens is 342 g/mol. The van der Waals surface area contributed by atoms with Gasteiger partial charge in [-0.15, -0.1) is 0 Å². The fraction of sp³-hybridized carbons (Fsp3) is 0.500. The van der Waals surface area contributed by atoms with Crippen molar-refractivity contribution in [2.45, 2.75) is 43.6 Å². The minimum atomic E-state index is -4.89. The summed E-state index contributed by atoms with van der Waals surface area (Å²) >= 11 is 0. The third-order valence-electron chi connectivity index (χ3n) is 4.35. The highest BCUT2D eigenvalue weighted by Gasteiger charge is 2.39. The van der Waals surface area contributed by atoms with Crippen LogP contribution in [0.3, 0.4) is 0 Å². The highest BCUT2D eigenvalue weighted by Crippen LogP contribution is 2.32. The molecule has 1 aromatic rings. The van der Waals surface area contributed by atoms with Crippen molar-refractivity contribution >= 4 is 31.6 Å². The molecule has 3 N–H and O–H groups in total. The van der Waals surface area contributed by atoms with E-state index in [2.05, 4.69) is 4.99 Å². The molecule has 0 atom stereocenters. The number of hydrogen-bond acceptors (Lipinski definition) is 4. The Kier molecular flexibility index (Phi) is 4.44. The zero-order valence-corrected chi connectivity index (χ0v) is 14.7. The Balaban J connectivity index is 2.26. The Labute approximate surface area is 135 Å². The van der Waals surface area contributed by atoms with E-state index < -0.39 is 31.2 Å². The van der Waals surface area contributed by atoms with E-state index in [-0.39, 0.29) is 11.8 Å². The maximum atomic E-state index is 11.1. The summed E-state index contributed by atoms with van der Waals surface area (Å²) in [5, 5.41) is 0. The average molecular weight is 362 g/mol. The first kappa shape index (κ1) is 18.1. The van der Waals surface area contributed by atoms with Crippen molar-refractivity contribution < 1.29 is 30.9 Å². The van der Waals surface area contributed by atoms with E-state index in [1.807, 2.05) is 32.9 Å². The van der Waals surface area contributed by atoms with Gasteiger partial charge in [0.15, 0.2) is 5.71 Å². The topological polar surface area (TPSA) is 123 Å². The summed E-state index contributed by atoms with van der Waals surface area (Å²) in [4.78, 5) is 3.27. The van der Waals surface area contributed by atoms with Crippen LogP contribution in [0.5, 0.6) is 0 Å². The van der Waals surface area contributed by atoms with Gasteiger partial charge < -0.3 is 0 Å². The molecule has 1 aromatic carbocycles. The second-order valence-corrected chi connectivity index (χ2v) is 9.75. The van der Waals surface area contributed by atoms with Gasteiger partial charge in [0.1, 0.15) is 0 Å². The predicted molar refractivity (Wildman–Crippen MR) is 86.0 cm³/mol. The summed E-state index contributed by atoms with van der Waals surface area (Å²) in [7, 11) is -9.78. The third kappa shape index (κ3) is 3.63. The van der Waals surface area contributed by atoms with E-state index in [4.69, 9.17) is 9.11 Å². The zero-order valence-electron chi connectivity index (χ0n) is 13.1. The van der Waals surface area contributed by atoms with Crippen molar-refractivity contribution in [1.29, 1.82) is 0 Å². The lowest BCUT2D eigenvalue weighted by molar-refractivity contribution is -0.351. The maximum Gasteiger partial charge on any atom is 0.284 e. The normalized spacial score (nSPS) is 17.2. The van der Waals surface area contributed by atoms with Crippen molar-refractivity contribution in [3.05, 3.63) is 29.3 Å². The molecule has 1 aliphatic rings. The molecule has 0 aliphatic carbocycles. The van der Waals surface area contributed by atoms with Crippen molar-refractivity contribution in [3.8, 4) is 0 Å². The van der Waals surface area contributed by atoms with Crippen LogP contribution >= 0.6 is 0 Å². The summed E-state index contributed by atoms with van der Waals surface area (Å²) in [6.45, 7) is 6.07. The van der Waals surface area contributed by atoms with Crippen molar-refractivity contribution in [1.82, 2.24) is 0 Å². The van der Waals surface area contributed by atoms with Crippen LogP contribution in [0.4, 0.5) is 5.69 Å². The zero-order chi connectivity index (χ0) is 17.6. The Bertz CT molecular complexity index is 837. The van der Waals surface area contributed by atoms with Crippen LogP contribution in [0.15, 0.2) is 18.2 Å². The summed E-state index contributed by atoms with van der Waals surface area (Å²) < 4.78 is 60.3. The number of benzene rings is 1. The molecule has 9 heteroatoms. The first-order valence-electron chi connectivity index (χ1n) is 7.00. The van der Waals surface area contributed by atoms with Crippen LogP contribution in [-0.4, -0.2) is 36.2 Å². The highest BCUT2D eigenvalue weighted by molar-refractivity contribution is 8.03. The first-order valence-corrected chi connectivity index (χ1v) is 10.0. The molecule has 0 spiro atoms. The van der Waals surface area contributed by atoms with Crippen molar-refractivity contribution in [2.75, 3.05) is 0 Å².